The van der Waals surface area contributed by atoms with Gasteiger partial charge in [0.2, 0.25) is 0 Å². The van der Waals surface area contributed by atoms with Crippen LogP contribution in [0.2, 0.25) is 0 Å². The average Bonchev–Trinajstić information content (AvgIpc) is 2.09. The van der Waals surface area contributed by atoms with Crippen LogP contribution in [0.4, 0.5) is 0 Å². The molecule has 0 saturated heterocycles. The minimum atomic E-state index is 0.537. The van der Waals surface area contributed by atoms with E-state index in [9.17, 15) is 4.79 Å². The van der Waals surface area contributed by atoms with Gasteiger partial charge in [0.1, 0.15) is 0 Å². The first-order valence-electron chi connectivity index (χ1n) is 3.34. The first-order chi connectivity index (χ1) is 5.69. The average molecular weight is 271 g/mol. The van der Waals surface area contributed by atoms with Crippen molar-refractivity contribution < 1.29 is 4.79 Å². The second kappa shape index (κ2) is 3.68. The Balaban J connectivity index is 3.41. The summed E-state index contributed by atoms with van der Waals surface area (Å²) >= 11 is 2.10. The number of hydrogen-bond donors (Lipinski definition) is 0. The van der Waals surface area contributed by atoms with Crippen LogP contribution in [0.15, 0.2) is 12.1 Å². The van der Waals surface area contributed by atoms with E-state index in [1.807, 2.05) is 13.0 Å². The molecule has 0 aliphatic heterocycles. The van der Waals surface area contributed by atoms with Crippen LogP contribution in [0, 0.1) is 21.8 Å². The maximum Gasteiger partial charge on any atom is 0.151 e. The van der Waals surface area contributed by atoms with Gasteiger partial charge in [0.05, 0.1) is 11.6 Å². The maximum atomic E-state index is 10.5. The lowest BCUT2D eigenvalue weighted by atomic mass is 10.1. The van der Waals surface area contributed by atoms with Crippen LogP contribution in [-0.4, -0.2) is 6.29 Å². The van der Waals surface area contributed by atoms with Gasteiger partial charge in [-0.3, -0.25) is 4.79 Å². The highest BCUT2D eigenvalue weighted by Gasteiger charge is 2.03. The number of carbonyl (C=O) groups is 1. The predicted molar refractivity (Wildman–Crippen MR) is 54.0 cm³/mol. The molecule has 2 nitrogen and oxygen atoms in total. The summed E-state index contributed by atoms with van der Waals surface area (Å²) in [4.78, 5) is 10.5. The molecule has 0 bridgehead atoms. The zero-order valence-electron chi connectivity index (χ0n) is 6.47. The Morgan fingerprint density at radius 1 is 1.58 bits per heavy atom. The minimum absolute atomic E-state index is 0.537. The molecular weight excluding hydrogens is 265 g/mol. The highest BCUT2D eigenvalue weighted by molar-refractivity contribution is 14.1. The van der Waals surface area contributed by atoms with Gasteiger partial charge in [-0.2, -0.15) is 5.26 Å². The van der Waals surface area contributed by atoms with E-state index in [2.05, 4.69) is 22.6 Å². The third kappa shape index (κ3) is 1.64. The highest BCUT2D eigenvalue weighted by atomic mass is 127. The van der Waals surface area contributed by atoms with Crippen molar-refractivity contribution in [2.45, 2.75) is 6.92 Å². The third-order valence-corrected chi connectivity index (χ3v) is 3.01. The van der Waals surface area contributed by atoms with Crippen LogP contribution in [-0.2, 0) is 0 Å². The fourth-order valence-electron chi connectivity index (χ4n) is 0.947. The normalized spacial score (nSPS) is 9.08. The molecule has 0 amide bonds. The minimum Gasteiger partial charge on any atom is -0.298 e. The van der Waals surface area contributed by atoms with Gasteiger partial charge >= 0.3 is 0 Å². The fourth-order valence-corrected chi connectivity index (χ4v) is 1.39. The molecule has 0 spiro atoms. The molecule has 0 saturated carbocycles. The van der Waals surface area contributed by atoms with Crippen LogP contribution >= 0.6 is 22.6 Å². The molecule has 0 aromatic heterocycles. The summed E-state index contributed by atoms with van der Waals surface area (Å²) in [5.41, 5.74) is 2.10. The standard InChI is InChI=1S/C9H6INO/c1-6-2-7(4-11)3-8(5-12)9(6)10/h2-3,5H,1H3. The van der Waals surface area contributed by atoms with Gasteiger partial charge < -0.3 is 0 Å². The van der Waals surface area contributed by atoms with Crippen LogP contribution in [0.25, 0.3) is 0 Å². The Morgan fingerprint density at radius 3 is 2.75 bits per heavy atom. The molecule has 1 aromatic carbocycles. The number of carbonyl (C=O) groups excluding carboxylic acids is 1. The van der Waals surface area contributed by atoms with Crippen molar-refractivity contribution in [2.24, 2.45) is 0 Å². The Labute approximate surface area is 84.3 Å². The van der Waals surface area contributed by atoms with E-state index in [1.54, 1.807) is 12.1 Å². The zero-order chi connectivity index (χ0) is 9.14. The number of benzene rings is 1. The molecule has 60 valence electrons. The molecule has 0 fully saturated rings. The first kappa shape index (κ1) is 9.20. The van der Waals surface area contributed by atoms with Crippen molar-refractivity contribution in [3.05, 3.63) is 32.4 Å². The van der Waals surface area contributed by atoms with E-state index in [1.165, 1.54) is 0 Å². The Hall–Kier alpha value is -0.890. The number of aldehydes is 1. The summed E-state index contributed by atoms with van der Waals surface area (Å²) in [6.45, 7) is 1.88. The molecule has 12 heavy (non-hydrogen) atoms. The third-order valence-electron chi connectivity index (χ3n) is 1.54. The Morgan fingerprint density at radius 2 is 2.25 bits per heavy atom. The highest BCUT2D eigenvalue weighted by Crippen LogP contribution is 2.17. The lowest BCUT2D eigenvalue weighted by Gasteiger charge is -2.00. The van der Waals surface area contributed by atoms with Crippen LogP contribution in [0.1, 0.15) is 21.5 Å². The van der Waals surface area contributed by atoms with E-state index in [0.717, 1.165) is 15.4 Å². The van der Waals surface area contributed by atoms with Crippen molar-refractivity contribution >= 4 is 28.9 Å². The largest absolute Gasteiger partial charge is 0.298 e. The van der Waals surface area contributed by atoms with Crippen LogP contribution in [0.5, 0.6) is 0 Å². The van der Waals surface area contributed by atoms with E-state index in [-0.39, 0.29) is 0 Å². The van der Waals surface area contributed by atoms with Gasteiger partial charge in [-0.1, -0.05) is 0 Å². The molecule has 0 radical (unpaired) electrons. The van der Waals surface area contributed by atoms with Crippen molar-refractivity contribution in [3.8, 4) is 6.07 Å². The lowest BCUT2D eigenvalue weighted by Crippen LogP contribution is -1.91. The van der Waals surface area contributed by atoms with Gasteiger partial charge in [-0.05, 0) is 47.2 Å². The molecule has 3 heteroatoms. The van der Waals surface area contributed by atoms with E-state index in [4.69, 9.17) is 5.26 Å². The van der Waals surface area contributed by atoms with Gasteiger partial charge in [-0.25, -0.2) is 0 Å². The van der Waals surface area contributed by atoms with Gasteiger partial charge in [-0.15, -0.1) is 0 Å². The summed E-state index contributed by atoms with van der Waals surface area (Å²) < 4.78 is 0.918. The Bertz CT molecular complexity index is 366. The topological polar surface area (TPSA) is 40.9 Å². The number of hydrogen-bond acceptors (Lipinski definition) is 2. The summed E-state index contributed by atoms with van der Waals surface area (Å²) in [7, 11) is 0. The number of aryl methyl sites for hydroxylation is 1. The van der Waals surface area contributed by atoms with E-state index < -0.39 is 0 Å². The Kier molecular flexibility index (Phi) is 2.82. The molecule has 0 aliphatic carbocycles. The van der Waals surface area contributed by atoms with E-state index >= 15 is 0 Å². The second-order valence-electron chi connectivity index (χ2n) is 2.43. The molecular formula is C9H6INO. The predicted octanol–water partition coefficient (Wildman–Crippen LogP) is 2.28. The molecule has 0 unspecified atom stereocenters. The van der Waals surface area contributed by atoms with Crippen LogP contribution in [0.3, 0.4) is 0 Å². The number of nitriles is 1. The van der Waals surface area contributed by atoms with Crippen molar-refractivity contribution in [1.82, 2.24) is 0 Å². The summed E-state index contributed by atoms with van der Waals surface area (Å²) in [5, 5.41) is 8.60. The number of nitrogens with zero attached hydrogens (tertiary/aromatic N) is 1. The monoisotopic (exact) mass is 271 g/mol. The number of rotatable bonds is 1. The fraction of sp³-hybridized carbons (Fsp3) is 0.111. The van der Waals surface area contributed by atoms with Gasteiger partial charge in [0, 0.05) is 9.13 Å². The molecule has 0 heterocycles. The van der Waals surface area contributed by atoms with Crippen molar-refractivity contribution in [2.75, 3.05) is 0 Å². The number of halogens is 1. The maximum absolute atomic E-state index is 10.5. The zero-order valence-corrected chi connectivity index (χ0v) is 8.62. The summed E-state index contributed by atoms with van der Waals surface area (Å²) in [5.74, 6) is 0. The SMILES string of the molecule is Cc1cc(C#N)cc(C=O)c1I. The lowest BCUT2D eigenvalue weighted by molar-refractivity contribution is 0.112. The summed E-state index contributed by atoms with van der Waals surface area (Å²) in [6.07, 6.45) is 0.773. The molecule has 1 rings (SSSR count). The molecule has 1 aromatic rings. The van der Waals surface area contributed by atoms with Gasteiger partial charge in [0.15, 0.2) is 6.29 Å². The quantitative estimate of drug-likeness (QED) is 0.580. The molecule has 0 N–H and O–H groups in total. The molecule has 0 atom stereocenters. The smallest absolute Gasteiger partial charge is 0.151 e. The first-order valence-corrected chi connectivity index (χ1v) is 4.42. The summed E-state index contributed by atoms with van der Waals surface area (Å²) in [6, 6.07) is 5.38. The van der Waals surface area contributed by atoms with Crippen LogP contribution < -0.4 is 0 Å². The van der Waals surface area contributed by atoms with E-state index in [0.29, 0.717) is 11.1 Å². The van der Waals surface area contributed by atoms with Crippen molar-refractivity contribution in [1.29, 1.82) is 5.26 Å². The second-order valence-corrected chi connectivity index (χ2v) is 3.50. The molecule has 0 aliphatic rings. The van der Waals surface area contributed by atoms with Crippen molar-refractivity contribution in [3.63, 3.8) is 0 Å². The van der Waals surface area contributed by atoms with Gasteiger partial charge in [0.25, 0.3) is 0 Å².